The molecule has 2 aromatic heterocycles. The van der Waals surface area contributed by atoms with Gasteiger partial charge in [0.1, 0.15) is 15.2 Å². The van der Waals surface area contributed by atoms with E-state index in [0.717, 1.165) is 24.0 Å². The number of alkyl halides is 3. The smallest absolute Gasteiger partial charge is 0.249 e. The summed E-state index contributed by atoms with van der Waals surface area (Å²) in [7, 11) is 0. The Bertz CT molecular complexity index is 632. The van der Waals surface area contributed by atoms with Gasteiger partial charge in [-0.05, 0) is 30.0 Å². The van der Waals surface area contributed by atoms with E-state index in [4.69, 9.17) is 34.8 Å². The zero-order chi connectivity index (χ0) is 14.9. The highest BCUT2D eigenvalue weighted by Crippen LogP contribution is 2.36. The molecule has 0 saturated carbocycles. The van der Waals surface area contributed by atoms with Gasteiger partial charge in [-0.25, -0.2) is 9.97 Å². The molecule has 0 amide bonds. The second-order valence-electron chi connectivity index (χ2n) is 3.53. The van der Waals surface area contributed by atoms with E-state index in [1.54, 1.807) is 0 Å². The van der Waals surface area contributed by atoms with Crippen LogP contribution in [0.25, 0.3) is 0 Å². The Labute approximate surface area is 131 Å². The molecular formula is C11H4Cl3F3N2S. The first kappa shape index (κ1) is 15.7. The van der Waals surface area contributed by atoms with Crippen molar-refractivity contribution in [3.63, 3.8) is 0 Å². The van der Waals surface area contributed by atoms with Gasteiger partial charge in [0.25, 0.3) is 0 Å². The van der Waals surface area contributed by atoms with E-state index >= 15 is 0 Å². The maximum atomic E-state index is 12.4. The van der Waals surface area contributed by atoms with Gasteiger partial charge in [-0.1, -0.05) is 34.8 Å². The Morgan fingerprint density at radius 3 is 2.30 bits per heavy atom. The molecule has 2 aromatic rings. The van der Waals surface area contributed by atoms with Crippen LogP contribution in [0.3, 0.4) is 0 Å². The molecule has 0 bridgehead atoms. The molecule has 0 N–H and O–H groups in total. The maximum Gasteiger partial charge on any atom is 0.417 e. The van der Waals surface area contributed by atoms with E-state index in [1.807, 2.05) is 0 Å². The van der Waals surface area contributed by atoms with E-state index in [0.29, 0.717) is 10.1 Å². The molecular weight excluding hydrogens is 356 g/mol. The van der Waals surface area contributed by atoms with Crippen molar-refractivity contribution in [3.8, 4) is 0 Å². The van der Waals surface area contributed by atoms with Gasteiger partial charge < -0.3 is 0 Å². The van der Waals surface area contributed by atoms with Gasteiger partial charge in [-0.3, -0.25) is 0 Å². The molecule has 2 heterocycles. The van der Waals surface area contributed by atoms with Crippen LogP contribution in [0.4, 0.5) is 13.2 Å². The number of halogens is 6. The fraction of sp³-hybridized carbons (Fsp3) is 0.0909. The molecule has 0 unspecified atom stereocenters. The molecule has 0 atom stereocenters. The van der Waals surface area contributed by atoms with Gasteiger partial charge in [0, 0.05) is 6.20 Å². The van der Waals surface area contributed by atoms with Gasteiger partial charge in [0.05, 0.1) is 15.6 Å². The van der Waals surface area contributed by atoms with Crippen LogP contribution in [-0.2, 0) is 6.18 Å². The van der Waals surface area contributed by atoms with Gasteiger partial charge in [0.15, 0.2) is 0 Å². The van der Waals surface area contributed by atoms with Gasteiger partial charge >= 0.3 is 6.18 Å². The zero-order valence-corrected chi connectivity index (χ0v) is 12.5. The lowest BCUT2D eigenvalue weighted by Gasteiger charge is -2.07. The third kappa shape index (κ3) is 3.69. The molecule has 0 saturated heterocycles. The van der Waals surface area contributed by atoms with Crippen LogP contribution in [-0.4, -0.2) is 9.97 Å². The predicted octanol–water partition coefficient (Wildman–Crippen LogP) is 5.61. The third-order valence-corrected chi connectivity index (χ3v) is 4.15. The van der Waals surface area contributed by atoms with Crippen LogP contribution in [0, 0.1) is 0 Å². The quantitative estimate of drug-likeness (QED) is 0.652. The molecule has 0 radical (unpaired) electrons. The molecule has 9 heteroatoms. The lowest BCUT2D eigenvalue weighted by molar-refractivity contribution is -0.137. The molecule has 0 aliphatic rings. The average Bonchev–Trinajstić information content (AvgIpc) is 2.35. The average molecular weight is 360 g/mol. The molecule has 20 heavy (non-hydrogen) atoms. The van der Waals surface area contributed by atoms with Crippen molar-refractivity contribution in [1.82, 2.24) is 9.97 Å². The summed E-state index contributed by atoms with van der Waals surface area (Å²) >= 11 is 18.4. The Morgan fingerprint density at radius 1 is 1.05 bits per heavy atom. The van der Waals surface area contributed by atoms with E-state index in [9.17, 15) is 13.2 Å². The topological polar surface area (TPSA) is 25.8 Å². The highest BCUT2D eigenvalue weighted by atomic mass is 35.5. The van der Waals surface area contributed by atoms with E-state index in [2.05, 4.69) is 9.97 Å². The predicted molar refractivity (Wildman–Crippen MR) is 72.6 cm³/mol. The summed E-state index contributed by atoms with van der Waals surface area (Å²) in [6.07, 6.45) is -3.68. The Balaban J connectivity index is 2.25. The van der Waals surface area contributed by atoms with E-state index < -0.39 is 11.7 Å². The van der Waals surface area contributed by atoms with Crippen LogP contribution < -0.4 is 0 Å². The zero-order valence-electron chi connectivity index (χ0n) is 9.38. The van der Waals surface area contributed by atoms with E-state index in [-0.39, 0.29) is 15.2 Å². The Morgan fingerprint density at radius 2 is 1.75 bits per heavy atom. The van der Waals surface area contributed by atoms with Gasteiger partial charge in [0.2, 0.25) is 0 Å². The second-order valence-corrected chi connectivity index (χ2v) is 5.71. The summed E-state index contributed by atoms with van der Waals surface area (Å²) in [5, 5.41) is 1.12. The van der Waals surface area contributed by atoms with Gasteiger partial charge in [-0.2, -0.15) is 13.2 Å². The van der Waals surface area contributed by atoms with Crippen molar-refractivity contribution >= 4 is 46.6 Å². The Hall–Kier alpha value is -0.690. The first-order valence-electron chi connectivity index (χ1n) is 5.00. The molecule has 0 spiro atoms. The minimum Gasteiger partial charge on any atom is -0.249 e. The van der Waals surface area contributed by atoms with Crippen molar-refractivity contribution < 1.29 is 13.2 Å². The first-order chi connectivity index (χ1) is 9.27. The lowest BCUT2D eigenvalue weighted by Crippen LogP contribution is -2.05. The third-order valence-electron chi connectivity index (χ3n) is 2.12. The van der Waals surface area contributed by atoms with Crippen LogP contribution in [0.2, 0.25) is 15.2 Å². The summed E-state index contributed by atoms with van der Waals surface area (Å²) in [4.78, 5) is 7.64. The monoisotopic (exact) mass is 358 g/mol. The molecule has 2 rings (SSSR count). The molecule has 0 aliphatic heterocycles. The first-order valence-corrected chi connectivity index (χ1v) is 6.95. The molecule has 0 fully saturated rings. The SMILES string of the molecule is FC(F)(F)c1ccc(Sc2nc(Cl)c(Cl)cc2Cl)nc1. The van der Waals surface area contributed by atoms with Crippen LogP contribution in [0.1, 0.15) is 5.56 Å². The largest absolute Gasteiger partial charge is 0.417 e. The number of pyridine rings is 2. The van der Waals surface area contributed by atoms with Crippen molar-refractivity contribution in [2.45, 2.75) is 16.2 Å². The summed E-state index contributed by atoms with van der Waals surface area (Å²) in [6, 6.07) is 3.57. The number of hydrogen-bond acceptors (Lipinski definition) is 3. The Kier molecular flexibility index (Phi) is 4.69. The summed E-state index contributed by atoms with van der Waals surface area (Å²) in [6.45, 7) is 0. The fourth-order valence-corrected chi connectivity index (χ4v) is 2.60. The standard InChI is InChI=1S/C11H4Cl3F3N2S/c12-6-3-7(13)10(19-9(6)14)20-8-2-1-5(4-18-8)11(15,16)17/h1-4H. The van der Waals surface area contributed by atoms with Gasteiger partial charge in [-0.15, -0.1) is 0 Å². The second kappa shape index (κ2) is 5.97. The van der Waals surface area contributed by atoms with Crippen LogP contribution in [0.15, 0.2) is 34.4 Å². The summed E-state index contributed by atoms with van der Waals surface area (Å²) in [5.74, 6) is 0. The molecule has 2 nitrogen and oxygen atoms in total. The number of nitrogens with zero attached hydrogens (tertiary/aromatic N) is 2. The minimum atomic E-state index is -4.42. The highest BCUT2D eigenvalue weighted by molar-refractivity contribution is 7.99. The number of aromatic nitrogens is 2. The summed E-state index contributed by atoms with van der Waals surface area (Å²) in [5.41, 5.74) is -0.824. The normalized spacial score (nSPS) is 11.7. The van der Waals surface area contributed by atoms with Crippen molar-refractivity contribution in [2.75, 3.05) is 0 Å². The minimum absolute atomic E-state index is 0.0606. The molecule has 0 aliphatic carbocycles. The maximum absolute atomic E-state index is 12.4. The summed E-state index contributed by atoms with van der Waals surface area (Å²) < 4.78 is 37.2. The highest BCUT2D eigenvalue weighted by Gasteiger charge is 2.30. The van der Waals surface area contributed by atoms with Crippen molar-refractivity contribution in [2.24, 2.45) is 0 Å². The van der Waals surface area contributed by atoms with Crippen molar-refractivity contribution in [3.05, 3.63) is 45.2 Å². The van der Waals surface area contributed by atoms with Crippen LogP contribution >= 0.6 is 46.6 Å². The van der Waals surface area contributed by atoms with Crippen LogP contribution in [0.5, 0.6) is 0 Å². The van der Waals surface area contributed by atoms with Crippen molar-refractivity contribution in [1.29, 1.82) is 0 Å². The van der Waals surface area contributed by atoms with E-state index in [1.165, 1.54) is 12.1 Å². The number of rotatable bonds is 2. The molecule has 106 valence electrons. The lowest BCUT2D eigenvalue weighted by atomic mass is 10.3. The number of hydrogen-bond donors (Lipinski definition) is 0. The molecule has 0 aromatic carbocycles. The fourth-order valence-electron chi connectivity index (χ4n) is 1.21.